The van der Waals surface area contributed by atoms with Crippen LogP contribution >= 0.6 is 0 Å². The van der Waals surface area contributed by atoms with Gasteiger partial charge in [-0.2, -0.15) is 0 Å². The average Bonchev–Trinajstić information content (AvgIpc) is 2.78. The smallest absolute Gasteiger partial charge is 0.251 e. The Hall–Kier alpha value is -3.19. The lowest BCUT2D eigenvalue weighted by atomic mass is 9.98. The number of hydrogen-bond donors (Lipinski definition) is 4. The molecule has 2 rings (SSSR count). The van der Waals surface area contributed by atoms with Crippen molar-refractivity contribution in [3.63, 3.8) is 0 Å². The van der Waals surface area contributed by atoms with E-state index >= 15 is 0 Å². The molecule has 3 atom stereocenters. The number of aliphatic hydroxyl groups excluding tert-OH is 1. The second-order valence-corrected chi connectivity index (χ2v) is 8.17. The molecule has 32 heavy (non-hydrogen) atoms. The van der Waals surface area contributed by atoms with Gasteiger partial charge < -0.3 is 21.1 Å². The molecule has 0 fully saturated rings. The molecule has 2 unspecified atom stereocenters. The molecule has 7 heteroatoms. The van der Waals surface area contributed by atoms with E-state index in [1.54, 1.807) is 31.2 Å². The minimum atomic E-state index is -1.43. The topological polar surface area (TPSA) is 108 Å². The Morgan fingerprint density at radius 1 is 0.875 bits per heavy atom. The minimum absolute atomic E-state index is 0.141. The van der Waals surface area contributed by atoms with Gasteiger partial charge in [0.2, 0.25) is 5.91 Å². The van der Waals surface area contributed by atoms with E-state index in [0.29, 0.717) is 18.5 Å². The molecule has 4 N–H and O–H groups in total. The Kier molecular flexibility index (Phi) is 9.88. The first-order valence-electron chi connectivity index (χ1n) is 11.0. The predicted octanol–water partition coefficient (Wildman–Crippen LogP) is 2.06. The number of carbonyl (C=O) groups is 3. The highest BCUT2D eigenvalue weighted by Gasteiger charge is 2.31. The Balaban J connectivity index is 2.19. The number of hydrogen-bond acceptors (Lipinski definition) is 4. The first-order chi connectivity index (χ1) is 15.3. The Morgan fingerprint density at radius 3 is 2.03 bits per heavy atom. The largest absolute Gasteiger partial charge is 0.381 e. The Morgan fingerprint density at radius 2 is 1.47 bits per heavy atom. The van der Waals surface area contributed by atoms with Crippen LogP contribution in [0.2, 0.25) is 0 Å². The van der Waals surface area contributed by atoms with E-state index in [9.17, 15) is 19.5 Å². The van der Waals surface area contributed by atoms with Crippen LogP contribution in [0.15, 0.2) is 60.7 Å². The number of rotatable bonds is 11. The zero-order valence-corrected chi connectivity index (χ0v) is 18.9. The monoisotopic (exact) mass is 439 g/mol. The molecule has 0 aliphatic rings. The number of aliphatic hydroxyl groups is 1. The highest BCUT2D eigenvalue weighted by Crippen LogP contribution is 2.11. The van der Waals surface area contributed by atoms with E-state index in [1.807, 2.05) is 50.2 Å². The van der Waals surface area contributed by atoms with Crippen molar-refractivity contribution in [2.45, 2.75) is 51.8 Å². The number of likely N-dealkylation sites (N-methyl/N-ethyl adjacent to an activating group) is 1. The van der Waals surface area contributed by atoms with Crippen molar-refractivity contribution in [2.75, 3.05) is 6.54 Å². The lowest BCUT2D eigenvalue weighted by molar-refractivity contribution is -0.132. The summed E-state index contributed by atoms with van der Waals surface area (Å²) < 4.78 is 0. The maximum absolute atomic E-state index is 13.2. The summed E-state index contributed by atoms with van der Waals surface area (Å²) in [5, 5.41) is 18.8. The molecule has 0 aromatic heterocycles. The zero-order valence-electron chi connectivity index (χ0n) is 18.9. The molecule has 0 radical (unpaired) electrons. The minimum Gasteiger partial charge on any atom is -0.381 e. The van der Waals surface area contributed by atoms with Crippen LogP contribution in [0.4, 0.5) is 0 Å². The van der Waals surface area contributed by atoms with Crippen LogP contribution in [-0.2, 0) is 16.0 Å². The molecule has 3 amide bonds. The fraction of sp³-hybridized carbons (Fsp3) is 0.400. The van der Waals surface area contributed by atoms with Crippen molar-refractivity contribution < 1.29 is 19.5 Å². The van der Waals surface area contributed by atoms with Gasteiger partial charge in [-0.3, -0.25) is 14.4 Å². The lowest BCUT2D eigenvalue weighted by Gasteiger charge is -2.27. The van der Waals surface area contributed by atoms with E-state index in [4.69, 9.17) is 0 Å². The zero-order chi connectivity index (χ0) is 23.5. The van der Waals surface area contributed by atoms with Gasteiger partial charge in [-0.15, -0.1) is 0 Å². The third-order valence-electron chi connectivity index (χ3n) is 4.99. The number of amides is 3. The fourth-order valence-corrected chi connectivity index (χ4v) is 3.39. The van der Waals surface area contributed by atoms with Crippen LogP contribution in [0.1, 0.15) is 43.1 Å². The molecule has 0 spiro atoms. The van der Waals surface area contributed by atoms with E-state index in [-0.39, 0.29) is 18.2 Å². The van der Waals surface area contributed by atoms with Gasteiger partial charge in [-0.1, -0.05) is 62.4 Å². The normalized spacial score (nSPS) is 13.7. The van der Waals surface area contributed by atoms with Crippen molar-refractivity contribution in [3.8, 4) is 0 Å². The van der Waals surface area contributed by atoms with Gasteiger partial charge in [0.05, 0.1) is 6.04 Å². The molecule has 0 saturated heterocycles. The third-order valence-corrected chi connectivity index (χ3v) is 4.99. The average molecular weight is 440 g/mol. The van der Waals surface area contributed by atoms with Crippen LogP contribution in [0.5, 0.6) is 0 Å². The van der Waals surface area contributed by atoms with Gasteiger partial charge in [-0.05, 0) is 43.4 Å². The van der Waals surface area contributed by atoms with Gasteiger partial charge in [0, 0.05) is 12.1 Å². The summed E-state index contributed by atoms with van der Waals surface area (Å²) in [4.78, 5) is 38.1. The quantitative estimate of drug-likeness (QED) is 0.430. The first-order valence-corrected chi connectivity index (χ1v) is 11.0. The van der Waals surface area contributed by atoms with Crippen molar-refractivity contribution >= 4 is 17.7 Å². The lowest BCUT2D eigenvalue weighted by Crippen LogP contribution is -2.56. The summed E-state index contributed by atoms with van der Waals surface area (Å²) in [6.07, 6.45) is -0.741. The molecule has 2 aromatic carbocycles. The summed E-state index contributed by atoms with van der Waals surface area (Å²) in [6, 6.07) is 16.3. The molecule has 0 saturated carbocycles. The van der Waals surface area contributed by atoms with Crippen LogP contribution in [0.3, 0.4) is 0 Å². The highest BCUT2D eigenvalue weighted by molar-refractivity contribution is 5.97. The highest BCUT2D eigenvalue weighted by atomic mass is 16.3. The summed E-state index contributed by atoms with van der Waals surface area (Å²) in [5.74, 6) is -1.20. The molecule has 2 aromatic rings. The molecule has 0 aliphatic heterocycles. The van der Waals surface area contributed by atoms with Crippen molar-refractivity contribution in [1.29, 1.82) is 0 Å². The summed E-state index contributed by atoms with van der Waals surface area (Å²) in [6.45, 7) is 6.04. The summed E-state index contributed by atoms with van der Waals surface area (Å²) in [5.41, 5.74) is 1.33. The van der Waals surface area contributed by atoms with Crippen LogP contribution in [0.25, 0.3) is 0 Å². The van der Waals surface area contributed by atoms with E-state index in [0.717, 1.165) is 5.56 Å². The third kappa shape index (κ3) is 7.81. The van der Waals surface area contributed by atoms with E-state index in [1.165, 1.54) is 0 Å². The standard InChI is InChI=1S/C25H33N3O4/c1-4-26-25(32)22(29)20(16-18-11-7-5-8-12-18)27-24(31)21(15-17(2)3)28-23(30)19-13-9-6-10-14-19/h5-14,17,20-22,29H,4,15-16H2,1-3H3,(H,26,32)(H,27,31)(H,28,30)/t20?,21-,22?/m0/s1. The van der Waals surface area contributed by atoms with Gasteiger partial charge >= 0.3 is 0 Å². The number of benzene rings is 2. The molecular weight excluding hydrogens is 406 g/mol. The summed E-state index contributed by atoms with van der Waals surface area (Å²) >= 11 is 0. The van der Waals surface area contributed by atoms with E-state index in [2.05, 4.69) is 16.0 Å². The van der Waals surface area contributed by atoms with Crippen molar-refractivity contribution in [3.05, 3.63) is 71.8 Å². The van der Waals surface area contributed by atoms with Crippen molar-refractivity contribution in [1.82, 2.24) is 16.0 Å². The SMILES string of the molecule is CCNC(=O)C(O)C(Cc1ccccc1)NC(=O)[C@H](CC(C)C)NC(=O)c1ccccc1. The molecular formula is C25H33N3O4. The fourth-order valence-electron chi connectivity index (χ4n) is 3.39. The molecule has 0 heterocycles. The molecule has 0 bridgehead atoms. The second-order valence-electron chi connectivity index (χ2n) is 8.17. The van der Waals surface area contributed by atoms with Crippen LogP contribution in [-0.4, -0.2) is 47.6 Å². The van der Waals surface area contributed by atoms with Gasteiger partial charge in [-0.25, -0.2) is 0 Å². The maximum atomic E-state index is 13.2. The maximum Gasteiger partial charge on any atom is 0.251 e. The second kappa shape index (κ2) is 12.6. The first kappa shape index (κ1) is 25.1. The Bertz CT molecular complexity index is 871. The van der Waals surface area contributed by atoms with Gasteiger partial charge in [0.1, 0.15) is 6.04 Å². The predicted molar refractivity (Wildman–Crippen MR) is 124 cm³/mol. The number of carbonyl (C=O) groups excluding carboxylic acids is 3. The molecule has 172 valence electrons. The Labute approximate surface area is 189 Å². The van der Waals surface area contributed by atoms with E-state index < -0.39 is 30.0 Å². The molecule has 0 aliphatic carbocycles. The summed E-state index contributed by atoms with van der Waals surface area (Å²) in [7, 11) is 0. The van der Waals surface area contributed by atoms with Crippen LogP contribution in [0, 0.1) is 5.92 Å². The number of nitrogens with one attached hydrogen (secondary N) is 3. The van der Waals surface area contributed by atoms with Crippen LogP contribution < -0.4 is 16.0 Å². The molecule has 7 nitrogen and oxygen atoms in total. The van der Waals surface area contributed by atoms with Crippen molar-refractivity contribution in [2.24, 2.45) is 5.92 Å². The van der Waals surface area contributed by atoms with Gasteiger partial charge in [0.25, 0.3) is 11.8 Å². The van der Waals surface area contributed by atoms with Gasteiger partial charge in [0.15, 0.2) is 6.10 Å².